The molecule has 2 aliphatic rings. The van der Waals surface area contributed by atoms with Crippen LogP contribution in [0.1, 0.15) is 35.2 Å². The Kier molecular flexibility index (Phi) is 4.10. The maximum Gasteiger partial charge on any atom is 0.262 e. The predicted octanol–water partition coefficient (Wildman–Crippen LogP) is 2.32. The van der Waals surface area contributed by atoms with Crippen molar-refractivity contribution in [3.63, 3.8) is 0 Å². The van der Waals surface area contributed by atoms with E-state index in [1.165, 1.54) is 14.3 Å². The fourth-order valence-electron chi connectivity index (χ4n) is 4.25. The third-order valence-electron chi connectivity index (χ3n) is 5.80. The Bertz CT molecular complexity index is 1250. The lowest BCUT2D eigenvalue weighted by molar-refractivity contribution is 0.385. The van der Waals surface area contributed by atoms with Crippen molar-refractivity contribution in [2.45, 2.75) is 43.5 Å². The van der Waals surface area contributed by atoms with Crippen molar-refractivity contribution in [1.82, 2.24) is 13.7 Å². The van der Waals surface area contributed by atoms with Crippen molar-refractivity contribution in [3.8, 4) is 0 Å². The number of hydrogen-bond acceptors (Lipinski definition) is 4. The zero-order valence-electron chi connectivity index (χ0n) is 15.5. The number of pyridine rings is 1. The molecule has 2 aromatic heterocycles. The molecule has 7 heteroatoms. The normalized spacial score (nSPS) is 17.3. The molecule has 0 bridgehead atoms. The second-order valence-electron chi connectivity index (χ2n) is 7.50. The minimum atomic E-state index is -3.65. The molecule has 144 valence electrons. The number of aromatic nitrogens is 2. The highest BCUT2D eigenvalue weighted by atomic mass is 32.2. The highest BCUT2D eigenvalue weighted by Crippen LogP contribution is 2.27. The Hall–Kier alpha value is -2.51. The van der Waals surface area contributed by atoms with Crippen LogP contribution < -0.4 is 5.56 Å². The van der Waals surface area contributed by atoms with E-state index in [-0.39, 0.29) is 12.1 Å². The van der Waals surface area contributed by atoms with Gasteiger partial charge in [-0.3, -0.25) is 9.20 Å². The average Bonchev–Trinajstić information content (AvgIpc) is 2.73. The zero-order chi connectivity index (χ0) is 19.3. The molecule has 5 rings (SSSR count). The first-order valence-electron chi connectivity index (χ1n) is 9.65. The molecule has 0 saturated carbocycles. The number of rotatable bonds is 2. The maximum atomic E-state index is 13.3. The molecule has 0 N–H and O–H groups in total. The van der Waals surface area contributed by atoms with Gasteiger partial charge in [-0.2, -0.15) is 4.31 Å². The van der Waals surface area contributed by atoms with Gasteiger partial charge in [0.25, 0.3) is 5.56 Å². The van der Waals surface area contributed by atoms with Crippen LogP contribution in [0.25, 0.3) is 5.65 Å². The minimum absolute atomic E-state index is 0.0679. The number of nitrogens with zero attached hydrogens (tertiary/aromatic N) is 3. The van der Waals surface area contributed by atoms with Gasteiger partial charge in [0.2, 0.25) is 10.0 Å². The maximum absolute atomic E-state index is 13.3. The Balaban J connectivity index is 1.53. The molecule has 3 heterocycles. The highest BCUT2D eigenvalue weighted by Gasteiger charge is 2.31. The summed E-state index contributed by atoms with van der Waals surface area (Å²) in [6.45, 7) is 0.403. The molecule has 0 radical (unpaired) electrons. The van der Waals surface area contributed by atoms with Crippen molar-refractivity contribution in [1.29, 1.82) is 0 Å². The third-order valence-corrected chi connectivity index (χ3v) is 7.64. The molecule has 6 nitrogen and oxygen atoms in total. The van der Waals surface area contributed by atoms with Crippen LogP contribution in [-0.4, -0.2) is 28.7 Å². The summed E-state index contributed by atoms with van der Waals surface area (Å²) in [7, 11) is -3.65. The van der Waals surface area contributed by atoms with Crippen molar-refractivity contribution >= 4 is 15.7 Å². The van der Waals surface area contributed by atoms with Crippen molar-refractivity contribution in [3.05, 3.63) is 75.3 Å². The summed E-state index contributed by atoms with van der Waals surface area (Å²) in [6.07, 6.45) is 6.32. The number of aryl methyl sites for hydroxylation is 2. The summed E-state index contributed by atoms with van der Waals surface area (Å²) in [6, 6.07) is 10.9. The molecular formula is C21H21N3O3S. The average molecular weight is 395 g/mol. The molecule has 0 spiro atoms. The standard InChI is InChI=1S/C21H21N3O3S/c25-21-18-14-23(12-10-19(18)22-20-7-3-4-11-24(20)21)28(26,27)17-9-8-15-5-1-2-6-16(15)13-17/h3-4,7-9,11,13H,1-2,5-6,10,12,14H2. The Morgan fingerprint density at radius 1 is 0.964 bits per heavy atom. The number of fused-ring (bicyclic) bond motifs is 3. The molecule has 1 aromatic carbocycles. The molecule has 1 aliphatic heterocycles. The largest absolute Gasteiger partial charge is 0.269 e. The van der Waals surface area contributed by atoms with Crippen molar-refractivity contribution in [2.75, 3.05) is 6.54 Å². The fraction of sp³-hybridized carbons (Fsp3) is 0.333. The van der Waals surface area contributed by atoms with Gasteiger partial charge in [-0.05, 0) is 61.1 Å². The topological polar surface area (TPSA) is 71.8 Å². The van der Waals surface area contributed by atoms with Gasteiger partial charge in [-0.15, -0.1) is 0 Å². The van der Waals surface area contributed by atoms with Crippen LogP contribution in [0.5, 0.6) is 0 Å². The molecule has 1 aliphatic carbocycles. The predicted molar refractivity (Wildman–Crippen MR) is 106 cm³/mol. The molecule has 3 aromatic rings. The Labute approximate surface area is 163 Å². The van der Waals surface area contributed by atoms with E-state index in [1.54, 1.807) is 24.4 Å². The molecule has 0 fully saturated rings. The van der Waals surface area contributed by atoms with Crippen molar-refractivity contribution < 1.29 is 8.42 Å². The highest BCUT2D eigenvalue weighted by molar-refractivity contribution is 7.89. The van der Waals surface area contributed by atoms with E-state index >= 15 is 0 Å². The second-order valence-corrected chi connectivity index (χ2v) is 9.44. The number of benzene rings is 1. The van der Waals surface area contributed by atoms with Crippen LogP contribution in [0, 0.1) is 0 Å². The lowest BCUT2D eigenvalue weighted by Crippen LogP contribution is -2.40. The van der Waals surface area contributed by atoms with Crippen LogP contribution in [-0.2, 0) is 35.8 Å². The summed E-state index contributed by atoms with van der Waals surface area (Å²) in [5, 5.41) is 0. The van der Waals surface area contributed by atoms with E-state index in [2.05, 4.69) is 4.98 Å². The van der Waals surface area contributed by atoms with Gasteiger partial charge in [0.15, 0.2) is 0 Å². The van der Waals surface area contributed by atoms with Gasteiger partial charge >= 0.3 is 0 Å². The Morgan fingerprint density at radius 2 is 1.79 bits per heavy atom. The molecule has 0 saturated heterocycles. The summed E-state index contributed by atoms with van der Waals surface area (Å²) >= 11 is 0. The third kappa shape index (κ3) is 2.77. The van der Waals surface area contributed by atoms with Gasteiger partial charge in [0, 0.05) is 25.7 Å². The zero-order valence-corrected chi connectivity index (χ0v) is 16.3. The lowest BCUT2D eigenvalue weighted by Gasteiger charge is -2.28. The van der Waals surface area contributed by atoms with Gasteiger partial charge < -0.3 is 0 Å². The van der Waals surface area contributed by atoms with Gasteiger partial charge in [0.05, 0.1) is 16.2 Å². The first-order valence-corrected chi connectivity index (χ1v) is 11.1. The summed E-state index contributed by atoms with van der Waals surface area (Å²) in [5.41, 5.74) is 3.97. The molecule has 0 atom stereocenters. The van der Waals surface area contributed by atoms with E-state index in [4.69, 9.17) is 0 Å². The summed E-state index contributed by atoms with van der Waals surface area (Å²) < 4.78 is 29.4. The van der Waals surface area contributed by atoms with Crippen LogP contribution in [0.4, 0.5) is 0 Å². The van der Waals surface area contributed by atoms with Crippen molar-refractivity contribution in [2.24, 2.45) is 0 Å². The van der Waals surface area contributed by atoms with E-state index in [0.717, 1.165) is 31.2 Å². The van der Waals surface area contributed by atoms with Crippen LogP contribution in [0.3, 0.4) is 0 Å². The van der Waals surface area contributed by atoms with Crippen LogP contribution in [0.15, 0.2) is 52.3 Å². The minimum Gasteiger partial charge on any atom is -0.269 e. The Morgan fingerprint density at radius 3 is 2.64 bits per heavy atom. The monoisotopic (exact) mass is 395 g/mol. The smallest absolute Gasteiger partial charge is 0.262 e. The number of hydrogen-bond donors (Lipinski definition) is 0. The quantitative estimate of drug-likeness (QED) is 0.668. The van der Waals surface area contributed by atoms with Gasteiger partial charge in [-0.1, -0.05) is 12.1 Å². The summed E-state index contributed by atoms with van der Waals surface area (Å²) in [4.78, 5) is 17.8. The van der Waals surface area contributed by atoms with E-state index in [1.807, 2.05) is 18.2 Å². The fourth-order valence-corrected chi connectivity index (χ4v) is 5.71. The number of sulfonamides is 1. The SMILES string of the molecule is O=c1c2c(nc3ccccn13)CCN(S(=O)(=O)c1ccc3c(c1)CCCC3)C2. The molecule has 0 unspecified atom stereocenters. The first-order chi connectivity index (χ1) is 13.5. The first kappa shape index (κ1) is 17.6. The van der Waals surface area contributed by atoms with E-state index in [9.17, 15) is 13.2 Å². The molecule has 0 amide bonds. The van der Waals surface area contributed by atoms with Gasteiger partial charge in [0.1, 0.15) is 5.65 Å². The lowest BCUT2D eigenvalue weighted by atomic mass is 9.92. The van der Waals surface area contributed by atoms with Crippen LogP contribution >= 0.6 is 0 Å². The molecule has 28 heavy (non-hydrogen) atoms. The second kappa shape index (κ2) is 6.53. The van der Waals surface area contributed by atoms with E-state index < -0.39 is 10.0 Å². The van der Waals surface area contributed by atoms with E-state index in [0.29, 0.717) is 34.8 Å². The molecular weight excluding hydrogens is 374 g/mol. The van der Waals surface area contributed by atoms with Crippen LogP contribution in [0.2, 0.25) is 0 Å². The van der Waals surface area contributed by atoms with Gasteiger partial charge in [-0.25, -0.2) is 13.4 Å². The summed E-state index contributed by atoms with van der Waals surface area (Å²) in [5.74, 6) is 0.